The first kappa shape index (κ1) is 13.5. The Morgan fingerprint density at radius 2 is 2.21 bits per heavy atom. The van der Waals surface area contributed by atoms with E-state index in [0.29, 0.717) is 18.6 Å². The van der Waals surface area contributed by atoms with Crippen LogP contribution in [0.25, 0.3) is 10.4 Å². The molecule has 0 bridgehead atoms. The number of carbonyl (C=O) groups is 1. The number of azide groups is 1. The second-order valence-electron chi connectivity index (χ2n) is 4.63. The van der Waals surface area contributed by atoms with Gasteiger partial charge < -0.3 is 14.8 Å². The molecule has 1 aliphatic carbocycles. The van der Waals surface area contributed by atoms with Crippen LogP contribution < -0.4 is 5.32 Å². The number of hydrogen-bond donors (Lipinski definition) is 2. The average molecular weight is 264 g/mol. The number of carbonyl (C=O) groups excluding carboxylic acids is 1. The summed E-state index contributed by atoms with van der Waals surface area (Å²) >= 11 is 0. The molecule has 19 heavy (non-hydrogen) atoms. The molecule has 0 radical (unpaired) electrons. The zero-order valence-corrected chi connectivity index (χ0v) is 10.5. The summed E-state index contributed by atoms with van der Waals surface area (Å²) in [6, 6.07) is 3.27. The zero-order chi connectivity index (χ0) is 13.7. The molecule has 2 rings (SSSR count). The monoisotopic (exact) mass is 264 g/mol. The van der Waals surface area contributed by atoms with Crippen LogP contribution in [0.15, 0.2) is 21.7 Å². The Kier molecular flexibility index (Phi) is 4.43. The standard InChI is InChI=1S/C12H16N4O3/c13-16-14-7-10-5-6-11(19-10)12(18)15-8-1-3-9(17)4-2-8/h5-6,8-9,17H,1-4,7H2,(H,15,18). The lowest BCUT2D eigenvalue weighted by atomic mass is 9.93. The third kappa shape index (κ3) is 3.74. The summed E-state index contributed by atoms with van der Waals surface area (Å²) in [7, 11) is 0. The van der Waals surface area contributed by atoms with Crippen molar-refractivity contribution in [2.45, 2.75) is 44.4 Å². The molecule has 0 aliphatic heterocycles. The Balaban J connectivity index is 1.89. The summed E-state index contributed by atoms with van der Waals surface area (Å²) in [5.74, 6) is 0.407. The number of rotatable bonds is 4. The summed E-state index contributed by atoms with van der Waals surface area (Å²) in [4.78, 5) is 14.5. The summed E-state index contributed by atoms with van der Waals surface area (Å²) in [5, 5.41) is 15.6. The highest BCUT2D eigenvalue weighted by molar-refractivity contribution is 5.91. The van der Waals surface area contributed by atoms with Gasteiger partial charge in [0.25, 0.3) is 5.91 Å². The first-order valence-corrected chi connectivity index (χ1v) is 6.27. The highest BCUT2D eigenvalue weighted by Gasteiger charge is 2.22. The maximum Gasteiger partial charge on any atom is 0.287 e. The highest BCUT2D eigenvalue weighted by Crippen LogP contribution is 2.19. The van der Waals surface area contributed by atoms with Crippen LogP contribution in [0.3, 0.4) is 0 Å². The third-order valence-corrected chi connectivity index (χ3v) is 3.21. The second-order valence-corrected chi connectivity index (χ2v) is 4.63. The molecule has 7 nitrogen and oxygen atoms in total. The number of hydrogen-bond acceptors (Lipinski definition) is 4. The molecule has 102 valence electrons. The Morgan fingerprint density at radius 1 is 1.47 bits per heavy atom. The molecule has 0 unspecified atom stereocenters. The van der Waals surface area contributed by atoms with Gasteiger partial charge in [0.2, 0.25) is 0 Å². The van der Waals surface area contributed by atoms with Crippen LogP contribution in [0.5, 0.6) is 0 Å². The Hall–Kier alpha value is -1.98. The number of nitrogens with zero attached hydrogens (tertiary/aromatic N) is 3. The summed E-state index contributed by atoms with van der Waals surface area (Å²) in [6.07, 6.45) is 2.74. The van der Waals surface area contributed by atoms with Crippen molar-refractivity contribution in [3.8, 4) is 0 Å². The molecular formula is C12H16N4O3. The van der Waals surface area contributed by atoms with E-state index in [1.165, 1.54) is 0 Å². The number of aliphatic hydroxyl groups is 1. The van der Waals surface area contributed by atoms with Crippen molar-refractivity contribution in [3.63, 3.8) is 0 Å². The molecule has 0 spiro atoms. The van der Waals surface area contributed by atoms with Gasteiger partial charge in [-0.05, 0) is 43.3 Å². The molecule has 0 aromatic carbocycles. The largest absolute Gasteiger partial charge is 0.456 e. The van der Waals surface area contributed by atoms with Crippen LogP contribution in [0, 0.1) is 0 Å². The van der Waals surface area contributed by atoms with Crippen LogP contribution in [-0.2, 0) is 6.54 Å². The molecule has 1 amide bonds. The van der Waals surface area contributed by atoms with Crippen LogP contribution in [0.2, 0.25) is 0 Å². The second kappa shape index (κ2) is 6.26. The Morgan fingerprint density at radius 3 is 2.89 bits per heavy atom. The van der Waals surface area contributed by atoms with E-state index in [0.717, 1.165) is 12.8 Å². The highest BCUT2D eigenvalue weighted by atomic mass is 16.4. The predicted molar refractivity (Wildman–Crippen MR) is 67.3 cm³/mol. The van der Waals surface area contributed by atoms with Gasteiger partial charge in [-0.2, -0.15) is 0 Å². The van der Waals surface area contributed by atoms with Crippen molar-refractivity contribution in [2.24, 2.45) is 5.11 Å². The molecular weight excluding hydrogens is 248 g/mol. The van der Waals surface area contributed by atoms with Gasteiger partial charge in [-0.3, -0.25) is 4.79 Å². The number of nitrogens with one attached hydrogen (secondary N) is 1. The van der Waals surface area contributed by atoms with E-state index < -0.39 is 0 Å². The van der Waals surface area contributed by atoms with Gasteiger partial charge >= 0.3 is 0 Å². The minimum absolute atomic E-state index is 0.0848. The molecule has 1 aliphatic rings. The SMILES string of the molecule is [N-]=[N+]=NCc1ccc(C(=O)NC2CCC(O)CC2)o1. The molecule has 1 heterocycles. The first-order valence-electron chi connectivity index (χ1n) is 6.27. The lowest BCUT2D eigenvalue weighted by Gasteiger charge is -2.25. The van der Waals surface area contributed by atoms with E-state index in [1.54, 1.807) is 12.1 Å². The van der Waals surface area contributed by atoms with Crippen molar-refractivity contribution < 1.29 is 14.3 Å². The normalized spacial score (nSPS) is 22.6. The number of furan rings is 1. The minimum atomic E-state index is -0.270. The fraction of sp³-hybridized carbons (Fsp3) is 0.583. The van der Waals surface area contributed by atoms with E-state index in [9.17, 15) is 9.90 Å². The van der Waals surface area contributed by atoms with Crippen molar-refractivity contribution in [1.29, 1.82) is 0 Å². The fourth-order valence-corrected chi connectivity index (χ4v) is 2.16. The van der Waals surface area contributed by atoms with Crippen LogP contribution >= 0.6 is 0 Å². The first-order chi connectivity index (χ1) is 9.19. The quantitative estimate of drug-likeness (QED) is 0.493. The maximum atomic E-state index is 11.9. The molecule has 1 aromatic heterocycles. The number of aliphatic hydroxyl groups excluding tert-OH is 1. The molecule has 1 aromatic rings. The Labute approximate surface area is 110 Å². The van der Waals surface area contributed by atoms with Crippen molar-refractivity contribution in [3.05, 3.63) is 34.1 Å². The zero-order valence-electron chi connectivity index (χ0n) is 10.5. The molecule has 1 fully saturated rings. The van der Waals surface area contributed by atoms with E-state index >= 15 is 0 Å². The van der Waals surface area contributed by atoms with E-state index in [2.05, 4.69) is 15.3 Å². The van der Waals surface area contributed by atoms with Crippen LogP contribution in [0.1, 0.15) is 42.0 Å². The third-order valence-electron chi connectivity index (χ3n) is 3.21. The van der Waals surface area contributed by atoms with Gasteiger partial charge in [0.05, 0.1) is 12.6 Å². The fourth-order valence-electron chi connectivity index (χ4n) is 2.16. The molecule has 1 saturated carbocycles. The predicted octanol–water partition coefficient (Wildman–Crippen LogP) is 2.12. The van der Waals surface area contributed by atoms with Gasteiger partial charge in [0.1, 0.15) is 5.76 Å². The van der Waals surface area contributed by atoms with Gasteiger partial charge in [-0.25, -0.2) is 0 Å². The van der Waals surface area contributed by atoms with Crippen LogP contribution in [0.4, 0.5) is 0 Å². The van der Waals surface area contributed by atoms with Gasteiger partial charge in [-0.15, -0.1) is 0 Å². The van der Waals surface area contributed by atoms with Gasteiger partial charge in [0.15, 0.2) is 5.76 Å². The maximum absolute atomic E-state index is 11.9. The molecule has 0 saturated heterocycles. The molecule has 7 heteroatoms. The van der Waals surface area contributed by atoms with Crippen molar-refractivity contribution >= 4 is 5.91 Å². The van der Waals surface area contributed by atoms with Crippen LogP contribution in [-0.4, -0.2) is 23.2 Å². The minimum Gasteiger partial charge on any atom is -0.456 e. The van der Waals surface area contributed by atoms with E-state index in [-0.39, 0.29) is 30.4 Å². The van der Waals surface area contributed by atoms with E-state index in [4.69, 9.17) is 9.95 Å². The van der Waals surface area contributed by atoms with Gasteiger partial charge in [-0.1, -0.05) is 5.11 Å². The lowest BCUT2D eigenvalue weighted by Crippen LogP contribution is -2.38. The summed E-state index contributed by atoms with van der Waals surface area (Å²) in [6.45, 7) is 0.0966. The molecule has 2 N–H and O–H groups in total. The Bertz CT molecular complexity index is 485. The van der Waals surface area contributed by atoms with Crippen molar-refractivity contribution in [2.75, 3.05) is 0 Å². The van der Waals surface area contributed by atoms with E-state index in [1.807, 2.05) is 0 Å². The smallest absolute Gasteiger partial charge is 0.287 e. The average Bonchev–Trinajstić information content (AvgIpc) is 2.88. The summed E-state index contributed by atoms with van der Waals surface area (Å²) in [5.41, 5.74) is 8.20. The lowest BCUT2D eigenvalue weighted by molar-refractivity contribution is 0.0841. The summed E-state index contributed by atoms with van der Waals surface area (Å²) < 4.78 is 5.28. The molecule has 0 atom stereocenters. The number of amides is 1. The van der Waals surface area contributed by atoms with Gasteiger partial charge in [0, 0.05) is 11.0 Å². The van der Waals surface area contributed by atoms with Crippen molar-refractivity contribution in [1.82, 2.24) is 5.32 Å². The topological polar surface area (TPSA) is 111 Å².